The maximum atomic E-state index is 12.6. The van der Waals surface area contributed by atoms with Crippen LogP contribution < -0.4 is 0 Å². The van der Waals surface area contributed by atoms with Crippen LogP contribution in [0.1, 0.15) is 5.69 Å². The van der Waals surface area contributed by atoms with Crippen molar-refractivity contribution in [1.82, 2.24) is 25.0 Å². The molecule has 2 aromatic rings. The number of halogens is 5. The average molecular weight is 343 g/mol. The lowest BCUT2D eigenvalue weighted by Crippen LogP contribution is -2.10. The van der Waals surface area contributed by atoms with Crippen molar-refractivity contribution in [2.75, 3.05) is 0 Å². The summed E-state index contributed by atoms with van der Waals surface area (Å²) in [4.78, 5) is 6.87. The first kappa shape index (κ1) is 13.2. The van der Waals surface area contributed by atoms with Crippen molar-refractivity contribution in [3.05, 3.63) is 21.6 Å². The third-order valence-corrected chi connectivity index (χ3v) is 2.72. The van der Waals surface area contributed by atoms with Crippen molar-refractivity contribution in [2.24, 2.45) is 7.05 Å². The van der Waals surface area contributed by atoms with E-state index in [1.165, 1.54) is 11.7 Å². The number of rotatable bonds is 1. The van der Waals surface area contributed by atoms with E-state index in [-0.39, 0.29) is 16.0 Å². The number of nitrogens with zero attached hydrogens (tertiary/aromatic N) is 5. The van der Waals surface area contributed by atoms with Crippen LogP contribution in [0.3, 0.4) is 0 Å². The molecule has 0 aromatic carbocycles. The molecule has 10 heteroatoms. The molecule has 0 N–H and O–H groups in total. The SMILES string of the molecule is Cn1nnc(Br)c1-c1cc(C(F)(F)F)nc(Cl)n1. The van der Waals surface area contributed by atoms with Crippen LogP contribution in [-0.4, -0.2) is 25.0 Å². The third-order valence-electron chi connectivity index (χ3n) is 2.02. The van der Waals surface area contributed by atoms with Gasteiger partial charge >= 0.3 is 6.18 Å². The maximum absolute atomic E-state index is 12.6. The van der Waals surface area contributed by atoms with Crippen LogP contribution in [0.15, 0.2) is 10.7 Å². The highest BCUT2D eigenvalue weighted by Crippen LogP contribution is 2.32. The third kappa shape index (κ3) is 2.46. The topological polar surface area (TPSA) is 56.5 Å². The van der Waals surface area contributed by atoms with Crippen molar-refractivity contribution in [3.8, 4) is 11.4 Å². The molecule has 18 heavy (non-hydrogen) atoms. The van der Waals surface area contributed by atoms with E-state index in [1.54, 1.807) is 0 Å². The average Bonchev–Trinajstić information content (AvgIpc) is 2.56. The summed E-state index contributed by atoms with van der Waals surface area (Å²) in [6.45, 7) is 0. The van der Waals surface area contributed by atoms with Crippen LogP contribution in [0.5, 0.6) is 0 Å². The molecule has 0 radical (unpaired) electrons. The van der Waals surface area contributed by atoms with Gasteiger partial charge in [-0.05, 0) is 33.6 Å². The lowest BCUT2D eigenvalue weighted by Gasteiger charge is -2.08. The Bertz CT molecular complexity index is 577. The molecule has 0 saturated carbocycles. The van der Waals surface area contributed by atoms with E-state index >= 15 is 0 Å². The summed E-state index contributed by atoms with van der Waals surface area (Å²) < 4.78 is 39.3. The smallest absolute Gasteiger partial charge is 0.245 e. The number of aryl methyl sites for hydroxylation is 1. The summed E-state index contributed by atoms with van der Waals surface area (Å²) in [5, 5.41) is 6.82. The molecule has 0 spiro atoms. The summed E-state index contributed by atoms with van der Waals surface area (Å²) in [5.41, 5.74) is -0.850. The van der Waals surface area contributed by atoms with Gasteiger partial charge in [-0.15, -0.1) is 5.10 Å². The van der Waals surface area contributed by atoms with Crippen LogP contribution in [-0.2, 0) is 13.2 Å². The van der Waals surface area contributed by atoms with Gasteiger partial charge in [-0.3, -0.25) is 0 Å². The molecule has 2 heterocycles. The molecule has 5 nitrogen and oxygen atoms in total. The summed E-state index contributed by atoms with van der Waals surface area (Å²) in [5.74, 6) is 0. The van der Waals surface area contributed by atoms with Gasteiger partial charge in [0.15, 0.2) is 4.60 Å². The Morgan fingerprint density at radius 3 is 2.50 bits per heavy atom. The monoisotopic (exact) mass is 341 g/mol. The van der Waals surface area contributed by atoms with Crippen LogP contribution >= 0.6 is 27.5 Å². The molecular weight excluding hydrogens is 338 g/mol. The highest BCUT2D eigenvalue weighted by molar-refractivity contribution is 9.10. The fourth-order valence-electron chi connectivity index (χ4n) is 1.29. The van der Waals surface area contributed by atoms with E-state index in [9.17, 15) is 13.2 Å². The Labute approximate surface area is 112 Å². The molecule has 0 bridgehead atoms. The molecule has 0 aliphatic rings. The molecule has 0 saturated heterocycles. The molecular formula is C8H4BrClF3N5. The van der Waals surface area contributed by atoms with Crippen LogP contribution in [0.4, 0.5) is 13.2 Å². The zero-order valence-corrected chi connectivity index (χ0v) is 11.0. The van der Waals surface area contributed by atoms with Gasteiger partial charge in [-0.25, -0.2) is 14.6 Å². The predicted molar refractivity (Wildman–Crippen MR) is 59.7 cm³/mol. The quantitative estimate of drug-likeness (QED) is 0.748. The Balaban J connectivity index is 2.63. The Morgan fingerprint density at radius 2 is 2.00 bits per heavy atom. The highest BCUT2D eigenvalue weighted by Gasteiger charge is 2.34. The van der Waals surface area contributed by atoms with Crippen molar-refractivity contribution in [2.45, 2.75) is 6.18 Å². The summed E-state index contributed by atoms with van der Waals surface area (Å²) in [6.07, 6.45) is -4.60. The Morgan fingerprint density at radius 1 is 1.33 bits per heavy atom. The minimum atomic E-state index is -4.60. The lowest BCUT2D eigenvalue weighted by atomic mass is 10.2. The van der Waals surface area contributed by atoms with Gasteiger partial charge in [0.05, 0.1) is 5.69 Å². The fourth-order valence-corrected chi connectivity index (χ4v) is 2.00. The van der Waals surface area contributed by atoms with E-state index in [4.69, 9.17) is 11.6 Å². The molecule has 0 amide bonds. The van der Waals surface area contributed by atoms with Crippen LogP contribution in [0, 0.1) is 0 Å². The van der Waals surface area contributed by atoms with Crippen molar-refractivity contribution in [1.29, 1.82) is 0 Å². The van der Waals surface area contributed by atoms with E-state index < -0.39 is 17.2 Å². The minimum Gasteiger partial charge on any atom is -0.245 e. The first-order valence-electron chi connectivity index (χ1n) is 4.46. The van der Waals surface area contributed by atoms with Gasteiger partial charge in [0.25, 0.3) is 0 Å². The summed E-state index contributed by atoms with van der Waals surface area (Å²) in [7, 11) is 1.52. The first-order chi connectivity index (χ1) is 8.29. The molecule has 0 atom stereocenters. The first-order valence-corrected chi connectivity index (χ1v) is 5.63. The molecule has 0 aliphatic carbocycles. The molecule has 0 aliphatic heterocycles. The van der Waals surface area contributed by atoms with Gasteiger partial charge in [-0.2, -0.15) is 13.2 Å². The minimum absolute atomic E-state index is 0.0123. The maximum Gasteiger partial charge on any atom is 0.433 e. The number of hydrogen-bond donors (Lipinski definition) is 0. The van der Waals surface area contributed by atoms with E-state index in [0.717, 1.165) is 6.07 Å². The normalized spacial score (nSPS) is 11.9. The molecule has 0 unspecified atom stereocenters. The van der Waals surface area contributed by atoms with Crippen molar-refractivity contribution >= 4 is 27.5 Å². The van der Waals surface area contributed by atoms with E-state index in [2.05, 4.69) is 36.2 Å². The molecule has 0 fully saturated rings. The van der Waals surface area contributed by atoms with Gasteiger partial charge in [0, 0.05) is 7.05 Å². The van der Waals surface area contributed by atoms with Crippen LogP contribution in [0.25, 0.3) is 11.4 Å². The summed E-state index contributed by atoms with van der Waals surface area (Å²) in [6, 6.07) is 0.787. The zero-order valence-electron chi connectivity index (χ0n) is 8.70. The van der Waals surface area contributed by atoms with Crippen molar-refractivity contribution < 1.29 is 13.2 Å². The van der Waals surface area contributed by atoms with Gasteiger partial charge in [-0.1, -0.05) is 5.21 Å². The second-order valence-corrected chi connectivity index (χ2v) is 4.35. The largest absolute Gasteiger partial charge is 0.433 e. The van der Waals surface area contributed by atoms with Crippen LogP contribution in [0.2, 0.25) is 5.28 Å². The standard InChI is InChI=1S/C8H4BrClF3N5/c1-18-5(6(9)16-17-18)3-2-4(8(11,12)13)15-7(10)14-3/h2H,1H3. The second kappa shape index (κ2) is 4.47. The molecule has 96 valence electrons. The predicted octanol–water partition coefficient (Wildman–Crippen LogP) is 2.71. The number of aromatic nitrogens is 5. The second-order valence-electron chi connectivity index (χ2n) is 3.26. The Hall–Kier alpha value is -1.22. The van der Waals surface area contributed by atoms with Gasteiger partial charge in [0.1, 0.15) is 11.4 Å². The lowest BCUT2D eigenvalue weighted by molar-refractivity contribution is -0.141. The van der Waals surface area contributed by atoms with E-state index in [0.29, 0.717) is 0 Å². The molecule has 2 aromatic heterocycles. The van der Waals surface area contributed by atoms with E-state index in [1.807, 2.05) is 0 Å². The molecule has 2 rings (SSSR count). The van der Waals surface area contributed by atoms with Crippen molar-refractivity contribution in [3.63, 3.8) is 0 Å². The van der Waals surface area contributed by atoms with Gasteiger partial charge < -0.3 is 0 Å². The number of alkyl halides is 3. The zero-order chi connectivity index (χ0) is 13.5. The highest BCUT2D eigenvalue weighted by atomic mass is 79.9. The fraction of sp³-hybridized carbons (Fsp3) is 0.250. The Kier molecular flexibility index (Phi) is 3.28. The van der Waals surface area contributed by atoms with Gasteiger partial charge in [0.2, 0.25) is 5.28 Å². The summed E-state index contributed by atoms with van der Waals surface area (Å²) >= 11 is 8.56. The number of hydrogen-bond acceptors (Lipinski definition) is 4.